The van der Waals surface area contributed by atoms with Crippen molar-refractivity contribution in [3.63, 3.8) is 0 Å². The molecule has 0 unspecified atom stereocenters. The van der Waals surface area contributed by atoms with Crippen LogP contribution >= 0.6 is 0 Å². The number of allylic oxidation sites excluding steroid dienone is 2. The topological polar surface area (TPSA) is 46.5 Å². The first kappa shape index (κ1) is 7.56. The van der Waals surface area contributed by atoms with Crippen molar-refractivity contribution in [2.24, 2.45) is 23.2 Å². The number of carbonyl (C=O) groups excluding carboxylic acids is 1. The number of fused-ring (bicyclic) bond motifs is 5. The zero-order chi connectivity index (χ0) is 9.22. The number of aliphatic hydroxyl groups is 1. The SMILES string of the molecule is C[C@@]12C(=O)O[C@@H](O)[C@@H]1[C@@H]1C=C[C@H]2C1. The summed E-state index contributed by atoms with van der Waals surface area (Å²) in [5.74, 6) is 0.403. The van der Waals surface area contributed by atoms with Crippen LogP contribution in [-0.4, -0.2) is 17.4 Å². The summed E-state index contributed by atoms with van der Waals surface area (Å²) >= 11 is 0. The molecule has 0 aromatic carbocycles. The third-order valence-corrected chi connectivity index (χ3v) is 4.02. The minimum absolute atomic E-state index is 0.00463. The molecular weight excluding hydrogens is 168 g/mol. The Morgan fingerprint density at radius 2 is 2.38 bits per heavy atom. The van der Waals surface area contributed by atoms with Gasteiger partial charge in [0.1, 0.15) is 0 Å². The minimum atomic E-state index is -0.877. The fourth-order valence-corrected chi connectivity index (χ4v) is 3.24. The van der Waals surface area contributed by atoms with Crippen molar-refractivity contribution < 1.29 is 14.6 Å². The van der Waals surface area contributed by atoms with E-state index >= 15 is 0 Å². The Hall–Kier alpha value is -0.830. The van der Waals surface area contributed by atoms with Gasteiger partial charge in [-0.1, -0.05) is 12.2 Å². The van der Waals surface area contributed by atoms with Gasteiger partial charge in [0.15, 0.2) is 0 Å². The standard InChI is InChI=1S/C10H12O3/c1-10-6-3-2-5(4-6)7(10)8(11)13-9(10)12/h2-3,5-8,11H,4H2,1H3/t5-,6+,7+,8-,10+/m1/s1. The van der Waals surface area contributed by atoms with E-state index in [9.17, 15) is 9.90 Å². The summed E-state index contributed by atoms with van der Waals surface area (Å²) < 4.78 is 4.89. The number of ether oxygens (including phenoxy) is 1. The van der Waals surface area contributed by atoms with Crippen LogP contribution in [0.3, 0.4) is 0 Å². The number of carbonyl (C=O) groups is 1. The molecule has 13 heavy (non-hydrogen) atoms. The molecule has 0 radical (unpaired) electrons. The van der Waals surface area contributed by atoms with Crippen LogP contribution in [-0.2, 0) is 9.53 Å². The third-order valence-electron chi connectivity index (χ3n) is 4.02. The highest BCUT2D eigenvalue weighted by Gasteiger charge is 2.65. The lowest BCUT2D eigenvalue weighted by atomic mass is 9.71. The van der Waals surface area contributed by atoms with Gasteiger partial charge >= 0.3 is 5.97 Å². The van der Waals surface area contributed by atoms with E-state index in [0.717, 1.165) is 6.42 Å². The maximum Gasteiger partial charge on any atom is 0.315 e. The molecule has 1 N–H and O–H groups in total. The monoisotopic (exact) mass is 180 g/mol. The molecule has 1 heterocycles. The second-order valence-electron chi connectivity index (χ2n) is 4.50. The van der Waals surface area contributed by atoms with E-state index in [1.165, 1.54) is 0 Å². The summed E-state index contributed by atoms with van der Waals surface area (Å²) in [4.78, 5) is 11.6. The lowest BCUT2D eigenvalue weighted by molar-refractivity contribution is -0.160. The van der Waals surface area contributed by atoms with E-state index in [4.69, 9.17) is 4.74 Å². The highest BCUT2D eigenvalue weighted by atomic mass is 16.6. The van der Waals surface area contributed by atoms with E-state index in [2.05, 4.69) is 12.2 Å². The number of aliphatic hydroxyl groups excluding tert-OH is 1. The first-order chi connectivity index (χ1) is 6.14. The van der Waals surface area contributed by atoms with Crippen LogP contribution in [0.1, 0.15) is 13.3 Å². The van der Waals surface area contributed by atoms with Crippen LogP contribution in [0.15, 0.2) is 12.2 Å². The van der Waals surface area contributed by atoms with Crippen molar-refractivity contribution in [3.8, 4) is 0 Å². The normalized spacial score (nSPS) is 56.9. The molecule has 3 nitrogen and oxygen atoms in total. The lowest BCUT2D eigenvalue weighted by Crippen LogP contribution is -2.35. The third kappa shape index (κ3) is 0.645. The van der Waals surface area contributed by atoms with E-state index < -0.39 is 11.7 Å². The van der Waals surface area contributed by atoms with Gasteiger partial charge in [0.05, 0.1) is 5.41 Å². The van der Waals surface area contributed by atoms with Gasteiger partial charge in [0.2, 0.25) is 6.29 Å². The summed E-state index contributed by atoms with van der Waals surface area (Å²) in [5, 5.41) is 9.58. The molecular formula is C10H12O3. The molecule has 3 rings (SSSR count). The van der Waals surface area contributed by atoms with Crippen molar-refractivity contribution >= 4 is 5.97 Å². The Kier molecular flexibility index (Phi) is 1.15. The Morgan fingerprint density at radius 3 is 3.08 bits per heavy atom. The second kappa shape index (κ2) is 1.98. The van der Waals surface area contributed by atoms with Crippen LogP contribution in [0.4, 0.5) is 0 Å². The van der Waals surface area contributed by atoms with Crippen molar-refractivity contribution in [1.82, 2.24) is 0 Å². The lowest BCUT2D eigenvalue weighted by Gasteiger charge is -2.27. The van der Waals surface area contributed by atoms with E-state index in [0.29, 0.717) is 5.92 Å². The maximum absolute atomic E-state index is 11.6. The highest BCUT2D eigenvalue weighted by Crippen LogP contribution is 2.60. The summed E-state index contributed by atoms with van der Waals surface area (Å²) in [6, 6.07) is 0. The summed E-state index contributed by atoms with van der Waals surface area (Å²) in [6.45, 7) is 1.92. The molecule has 0 amide bonds. The van der Waals surface area contributed by atoms with Crippen molar-refractivity contribution in [2.75, 3.05) is 0 Å². The van der Waals surface area contributed by atoms with E-state index in [1.54, 1.807) is 0 Å². The highest BCUT2D eigenvalue weighted by molar-refractivity contribution is 5.81. The van der Waals surface area contributed by atoms with Gasteiger partial charge in [-0.2, -0.15) is 0 Å². The molecule has 0 spiro atoms. The van der Waals surface area contributed by atoms with Gasteiger partial charge in [0, 0.05) is 5.92 Å². The predicted molar refractivity (Wildman–Crippen MR) is 44.4 cm³/mol. The molecule has 2 aliphatic carbocycles. The number of cyclic esters (lactones) is 1. The maximum atomic E-state index is 11.6. The molecule has 1 saturated heterocycles. The molecule has 3 aliphatic rings. The van der Waals surface area contributed by atoms with Gasteiger partial charge < -0.3 is 9.84 Å². The number of esters is 1. The Balaban J connectivity index is 2.12. The summed E-state index contributed by atoms with van der Waals surface area (Å²) in [6.07, 6.45) is 4.34. The van der Waals surface area contributed by atoms with Gasteiger partial charge in [-0.3, -0.25) is 4.79 Å². The Labute approximate surface area is 76.4 Å². The molecule has 0 aromatic rings. The Morgan fingerprint density at radius 1 is 1.62 bits per heavy atom. The smallest absolute Gasteiger partial charge is 0.315 e. The summed E-state index contributed by atoms with van der Waals surface area (Å²) in [7, 11) is 0. The molecule has 0 aromatic heterocycles. The van der Waals surface area contributed by atoms with Crippen molar-refractivity contribution in [2.45, 2.75) is 19.6 Å². The molecule has 70 valence electrons. The number of rotatable bonds is 0. The van der Waals surface area contributed by atoms with Crippen LogP contribution < -0.4 is 0 Å². The average molecular weight is 180 g/mol. The number of hydrogen-bond acceptors (Lipinski definition) is 3. The van der Waals surface area contributed by atoms with Crippen LogP contribution in [0.2, 0.25) is 0 Å². The predicted octanol–water partition coefficient (Wildman–Crippen LogP) is 0.690. The fourth-order valence-electron chi connectivity index (χ4n) is 3.24. The molecule has 5 atom stereocenters. The quantitative estimate of drug-likeness (QED) is 0.440. The average Bonchev–Trinajstić information content (AvgIpc) is 2.66. The van der Waals surface area contributed by atoms with Gasteiger partial charge in [0.25, 0.3) is 0 Å². The fraction of sp³-hybridized carbons (Fsp3) is 0.700. The molecule has 2 bridgehead atoms. The van der Waals surface area contributed by atoms with Crippen molar-refractivity contribution in [1.29, 1.82) is 0 Å². The molecule has 1 saturated carbocycles. The van der Waals surface area contributed by atoms with Gasteiger partial charge in [-0.25, -0.2) is 0 Å². The van der Waals surface area contributed by atoms with Gasteiger partial charge in [-0.15, -0.1) is 0 Å². The molecule has 3 heteroatoms. The zero-order valence-electron chi connectivity index (χ0n) is 7.43. The van der Waals surface area contributed by atoms with Gasteiger partial charge in [-0.05, 0) is 25.2 Å². The first-order valence-corrected chi connectivity index (χ1v) is 4.71. The second-order valence-corrected chi connectivity index (χ2v) is 4.50. The minimum Gasteiger partial charge on any atom is -0.435 e. The largest absolute Gasteiger partial charge is 0.435 e. The molecule has 1 aliphatic heterocycles. The summed E-state index contributed by atoms with van der Waals surface area (Å²) in [5.41, 5.74) is -0.446. The van der Waals surface area contributed by atoms with E-state index in [1.807, 2.05) is 6.92 Å². The first-order valence-electron chi connectivity index (χ1n) is 4.71. The molecule has 2 fully saturated rings. The Bertz CT molecular complexity index is 309. The zero-order valence-corrected chi connectivity index (χ0v) is 7.43. The van der Waals surface area contributed by atoms with Crippen LogP contribution in [0.5, 0.6) is 0 Å². The van der Waals surface area contributed by atoms with Crippen LogP contribution in [0, 0.1) is 23.2 Å². The van der Waals surface area contributed by atoms with Crippen LogP contribution in [0.25, 0.3) is 0 Å². The van der Waals surface area contributed by atoms with E-state index in [-0.39, 0.29) is 17.8 Å². The number of hydrogen-bond donors (Lipinski definition) is 1. The van der Waals surface area contributed by atoms with Crippen molar-refractivity contribution in [3.05, 3.63) is 12.2 Å².